The molecule has 1 aromatic carbocycles. The van der Waals surface area contributed by atoms with Gasteiger partial charge in [0.2, 0.25) is 5.91 Å². The highest BCUT2D eigenvalue weighted by molar-refractivity contribution is 7.09. The fourth-order valence-corrected chi connectivity index (χ4v) is 2.93. The van der Waals surface area contributed by atoms with Crippen LogP contribution in [0.4, 0.5) is 0 Å². The molecular formula is C18H18N2O4S. The van der Waals surface area contributed by atoms with Gasteiger partial charge in [0.25, 0.3) is 0 Å². The maximum Gasteiger partial charge on any atom is 0.329 e. The number of carbonyl (C=O) groups is 2. The molecule has 0 saturated heterocycles. The number of nitrogens with zero attached hydrogens (tertiary/aromatic N) is 1. The molecule has 0 unspecified atom stereocenters. The Morgan fingerprint density at radius 1 is 1.40 bits per heavy atom. The fourth-order valence-electron chi connectivity index (χ4n) is 2.34. The molecule has 3 rings (SSSR count). The Balaban J connectivity index is 1.64. The van der Waals surface area contributed by atoms with Crippen LogP contribution in [-0.4, -0.2) is 27.5 Å². The highest BCUT2D eigenvalue weighted by atomic mass is 32.1. The lowest BCUT2D eigenvalue weighted by atomic mass is 10.2. The third-order valence-electron chi connectivity index (χ3n) is 3.90. The van der Waals surface area contributed by atoms with Crippen LogP contribution in [0.15, 0.2) is 35.7 Å². The third-order valence-corrected chi connectivity index (χ3v) is 4.72. The molecule has 0 radical (unpaired) electrons. The van der Waals surface area contributed by atoms with Crippen LogP contribution in [0.2, 0.25) is 0 Å². The average molecular weight is 358 g/mol. The van der Waals surface area contributed by atoms with Gasteiger partial charge in [-0.3, -0.25) is 4.79 Å². The van der Waals surface area contributed by atoms with Gasteiger partial charge < -0.3 is 15.2 Å². The number of hydrogen-bond acceptors (Lipinski definition) is 5. The first-order chi connectivity index (χ1) is 12.0. The first-order valence-corrected chi connectivity index (χ1v) is 8.73. The maximum absolute atomic E-state index is 12.0. The Kier molecular flexibility index (Phi) is 4.85. The molecule has 0 bridgehead atoms. The fraction of sp³-hybridized carbons (Fsp3) is 0.278. The number of rotatable bonds is 7. The number of nitrogens with one attached hydrogen (secondary N) is 1. The molecule has 0 atom stereocenters. The van der Waals surface area contributed by atoms with Crippen LogP contribution < -0.4 is 10.1 Å². The first kappa shape index (κ1) is 17.2. The van der Waals surface area contributed by atoms with Crippen LogP contribution in [0.1, 0.15) is 29.1 Å². The van der Waals surface area contributed by atoms with Gasteiger partial charge in [-0.05, 0) is 31.9 Å². The van der Waals surface area contributed by atoms with Crippen molar-refractivity contribution in [3.05, 3.63) is 52.0 Å². The lowest BCUT2D eigenvalue weighted by Crippen LogP contribution is -2.42. The molecule has 0 aliphatic heterocycles. The topological polar surface area (TPSA) is 88.5 Å². The van der Waals surface area contributed by atoms with Gasteiger partial charge in [0, 0.05) is 17.0 Å². The maximum atomic E-state index is 12.0. The van der Waals surface area contributed by atoms with E-state index in [1.165, 1.54) is 6.08 Å². The van der Waals surface area contributed by atoms with Gasteiger partial charge in [-0.2, -0.15) is 0 Å². The van der Waals surface area contributed by atoms with E-state index in [1.54, 1.807) is 17.4 Å². The number of aromatic nitrogens is 1. The van der Waals surface area contributed by atoms with Crippen LogP contribution in [-0.2, 0) is 16.2 Å². The predicted octanol–water partition coefficient (Wildman–Crippen LogP) is 2.78. The minimum absolute atomic E-state index is 0.351. The molecule has 1 amide bonds. The molecule has 1 saturated carbocycles. The highest BCUT2D eigenvalue weighted by Crippen LogP contribution is 2.35. The van der Waals surface area contributed by atoms with E-state index in [2.05, 4.69) is 10.3 Å². The van der Waals surface area contributed by atoms with Crippen LogP contribution in [0, 0.1) is 6.92 Å². The average Bonchev–Trinajstić information content (AvgIpc) is 3.26. The number of carboxylic acids is 1. The van der Waals surface area contributed by atoms with Crippen molar-refractivity contribution in [2.45, 2.75) is 31.9 Å². The van der Waals surface area contributed by atoms with Crippen LogP contribution in [0.25, 0.3) is 6.08 Å². The zero-order chi connectivity index (χ0) is 17.9. The van der Waals surface area contributed by atoms with Gasteiger partial charge in [0.05, 0.1) is 10.7 Å². The molecule has 2 N–H and O–H groups in total. The second-order valence-corrected chi connectivity index (χ2v) is 6.96. The second kappa shape index (κ2) is 7.06. The van der Waals surface area contributed by atoms with E-state index in [-0.39, 0.29) is 0 Å². The largest absolute Gasteiger partial charge is 0.487 e. The Hall–Kier alpha value is -2.67. The van der Waals surface area contributed by atoms with Crippen molar-refractivity contribution in [1.82, 2.24) is 10.3 Å². The van der Waals surface area contributed by atoms with Crippen molar-refractivity contribution in [1.29, 1.82) is 0 Å². The van der Waals surface area contributed by atoms with Crippen LogP contribution in [0.3, 0.4) is 0 Å². The van der Waals surface area contributed by atoms with Gasteiger partial charge in [0.15, 0.2) is 0 Å². The van der Waals surface area contributed by atoms with Crippen LogP contribution in [0.5, 0.6) is 5.75 Å². The Labute approximate surface area is 149 Å². The van der Waals surface area contributed by atoms with Gasteiger partial charge in [0.1, 0.15) is 17.9 Å². The molecule has 1 aromatic heterocycles. The van der Waals surface area contributed by atoms with E-state index in [0.717, 1.165) is 16.3 Å². The third kappa shape index (κ3) is 4.24. The molecule has 25 heavy (non-hydrogen) atoms. The minimum atomic E-state index is -1.08. The normalized spacial score (nSPS) is 15.1. The second-order valence-electron chi connectivity index (χ2n) is 5.89. The number of carbonyl (C=O) groups excluding carboxylic acids is 1. The highest BCUT2D eigenvalue weighted by Gasteiger charge is 2.51. The van der Waals surface area contributed by atoms with Crippen molar-refractivity contribution in [2.24, 2.45) is 0 Å². The zero-order valence-electron chi connectivity index (χ0n) is 13.7. The number of aliphatic carboxylic acids is 1. The molecule has 7 heteroatoms. The van der Waals surface area contributed by atoms with Crippen molar-refractivity contribution in [2.75, 3.05) is 0 Å². The summed E-state index contributed by atoms with van der Waals surface area (Å²) in [7, 11) is 0. The molecule has 2 aromatic rings. The summed E-state index contributed by atoms with van der Waals surface area (Å²) in [5.74, 6) is -0.780. The smallest absolute Gasteiger partial charge is 0.329 e. The monoisotopic (exact) mass is 358 g/mol. The number of benzene rings is 1. The molecule has 1 aliphatic rings. The van der Waals surface area contributed by atoms with Gasteiger partial charge in [-0.25, -0.2) is 9.78 Å². The molecule has 1 fully saturated rings. The van der Waals surface area contributed by atoms with E-state index in [0.29, 0.717) is 25.2 Å². The molecule has 6 nitrogen and oxygen atoms in total. The van der Waals surface area contributed by atoms with E-state index in [4.69, 9.17) is 9.84 Å². The number of hydrogen-bond donors (Lipinski definition) is 2. The van der Waals surface area contributed by atoms with Crippen molar-refractivity contribution in [3.8, 4) is 5.75 Å². The van der Waals surface area contributed by atoms with E-state index in [9.17, 15) is 9.59 Å². The van der Waals surface area contributed by atoms with Gasteiger partial charge in [-0.15, -0.1) is 11.3 Å². The van der Waals surface area contributed by atoms with E-state index >= 15 is 0 Å². The lowest BCUT2D eigenvalue weighted by molar-refractivity contribution is -0.142. The SMILES string of the molecule is Cc1nc(COc2ccccc2C=CC(=O)NC2(C(=O)O)CC2)cs1. The zero-order valence-corrected chi connectivity index (χ0v) is 14.5. The summed E-state index contributed by atoms with van der Waals surface area (Å²) in [6, 6.07) is 7.34. The summed E-state index contributed by atoms with van der Waals surface area (Å²) in [5.41, 5.74) is 0.515. The van der Waals surface area contributed by atoms with Crippen molar-refractivity contribution >= 4 is 29.3 Å². The summed E-state index contributed by atoms with van der Waals surface area (Å²) in [6.07, 6.45) is 3.89. The van der Waals surface area contributed by atoms with E-state index < -0.39 is 17.4 Å². The summed E-state index contributed by atoms with van der Waals surface area (Å²) in [6.45, 7) is 2.29. The number of thiazole rings is 1. The molecule has 0 spiro atoms. The summed E-state index contributed by atoms with van der Waals surface area (Å²) >= 11 is 1.57. The Morgan fingerprint density at radius 2 is 2.16 bits per heavy atom. The van der Waals surface area contributed by atoms with Crippen molar-refractivity contribution < 1.29 is 19.4 Å². The quantitative estimate of drug-likeness (QED) is 0.743. The number of amides is 1. The van der Waals surface area contributed by atoms with Crippen molar-refractivity contribution in [3.63, 3.8) is 0 Å². The summed E-state index contributed by atoms with van der Waals surface area (Å²) < 4.78 is 5.79. The van der Waals surface area contributed by atoms with E-state index in [1.807, 2.05) is 36.6 Å². The molecular weight excluding hydrogens is 340 g/mol. The predicted molar refractivity (Wildman–Crippen MR) is 94.4 cm³/mol. The van der Waals surface area contributed by atoms with Gasteiger partial charge in [-0.1, -0.05) is 18.2 Å². The molecule has 1 aliphatic carbocycles. The summed E-state index contributed by atoms with van der Waals surface area (Å²) in [5, 5.41) is 14.6. The number of aryl methyl sites for hydroxylation is 1. The standard InChI is InChI=1S/C18H18N2O4S/c1-12-19-14(11-25-12)10-24-15-5-3-2-4-13(15)6-7-16(21)20-18(8-9-18)17(22)23/h2-7,11H,8-10H2,1H3,(H,20,21)(H,22,23). The Morgan fingerprint density at radius 3 is 2.80 bits per heavy atom. The molecule has 130 valence electrons. The number of para-hydroxylation sites is 1. The minimum Gasteiger partial charge on any atom is -0.487 e. The lowest BCUT2D eigenvalue weighted by Gasteiger charge is -2.10. The summed E-state index contributed by atoms with van der Waals surface area (Å²) in [4.78, 5) is 27.4. The molecule has 1 heterocycles. The Bertz CT molecular complexity index is 824. The van der Waals surface area contributed by atoms with Gasteiger partial charge >= 0.3 is 5.97 Å². The first-order valence-electron chi connectivity index (χ1n) is 7.85. The number of ether oxygens (including phenoxy) is 1. The van der Waals surface area contributed by atoms with Crippen LogP contribution >= 0.6 is 11.3 Å². The number of carboxylic acid groups (broad SMARTS) is 1.